The highest BCUT2D eigenvalue weighted by Crippen LogP contribution is 2.48. The van der Waals surface area contributed by atoms with Crippen LogP contribution in [0.1, 0.15) is 80.4 Å². The zero-order chi connectivity index (χ0) is 34.5. The molecule has 1 unspecified atom stereocenters. The molecule has 1 amide bonds. The topological polar surface area (TPSA) is 110 Å². The summed E-state index contributed by atoms with van der Waals surface area (Å²) in [5, 5.41) is -0.00953. The Bertz CT molecular complexity index is 1650. The fourth-order valence-corrected chi connectivity index (χ4v) is 10.4. The van der Waals surface area contributed by atoms with Gasteiger partial charge in [-0.3, -0.25) is 4.79 Å². The Labute approximate surface area is 296 Å². The van der Waals surface area contributed by atoms with E-state index >= 15 is 0 Å². The van der Waals surface area contributed by atoms with Crippen LogP contribution in [0, 0.1) is 23.7 Å². The van der Waals surface area contributed by atoms with Crippen molar-refractivity contribution in [1.29, 1.82) is 0 Å². The third-order valence-corrected chi connectivity index (χ3v) is 14.4. The maximum Gasteiger partial charge on any atom is 0.283 e. The zero-order valence-corrected chi connectivity index (χ0v) is 30.8. The van der Waals surface area contributed by atoms with Crippen molar-refractivity contribution in [1.82, 2.24) is 14.6 Å². The molecule has 3 aliphatic heterocycles. The van der Waals surface area contributed by atoms with Crippen LogP contribution in [0.3, 0.4) is 0 Å². The lowest BCUT2D eigenvalue weighted by Crippen LogP contribution is -2.52. The number of sulfonamides is 1. The third-order valence-electron chi connectivity index (χ3n) is 12.3. The lowest BCUT2D eigenvalue weighted by atomic mass is 9.64. The second kappa shape index (κ2) is 13.9. The maximum atomic E-state index is 13.5. The van der Waals surface area contributed by atoms with Gasteiger partial charge in [-0.1, -0.05) is 31.0 Å². The smallest absolute Gasteiger partial charge is 0.283 e. The van der Waals surface area contributed by atoms with Gasteiger partial charge in [0.2, 0.25) is 10.0 Å². The van der Waals surface area contributed by atoms with Crippen molar-refractivity contribution in [2.24, 2.45) is 23.7 Å². The van der Waals surface area contributed by atoms with E-state index in [9.17, 15) is 13.2 Å². The van der Waals surface area contributed by atoms with Gasteiger partial charge in [0.25, 0.3) is 5.91 Å². The molecule has 5 aliphatic rings. The van der Waals surface area contributed by atoms with Crippen LogP contribution in [-0.4, -0.2) is 88.8 Å². The third kappa shape index (κ3) is 6.95. The van der Waals surface area contributed by atoms with E-state index in [0.717, 1.165) is 62.9 Å². The number of carbonyl (C=O) groups excluding carboxylic acids is 1. The SMILES string of the molecule is CC1CCC[C@H](C2OCC(N(C)C)CO2)[C@@H]2CC[C@H]2CN2C[C@@]3(CCCc4cc(Cl)ccc43)COc3ccc(nc32)C(=O)NS(=O)(=O)[C@@H]1C. The van der Waals surface area contributed by atoms with Crippen LogP contribution < -0.4 is 14.4 Å². The highest BCUT2D eigenvalue weighted by molar-refractivity contribution is 7.90. The van der Waals surface area contributed by atoms with Gasteiger partial charge in [0, 0.05) is 29.4 Å². The number of hydrogen-bond donors (Lipinski definition) is 1. The summed E-state index contributed by atoms with van der Waals surface area (Å²) < 4.78 is 48.8. The highest BCUT2D eigenvalue weighted by Gasteiger charge is 2.47. The fraction of sp³-hybridized carbons (Fsp3) is 0.676. The highest BCUT2D eigenvalue weighted by atomic mass is 35.5. The molecule has 1 aromatic carbocycles. The second-order valence-corrected chi connectivity index (χ2v) is 18.0. The Balaban J connectivity index is 1.26. The first kappa shape index (κ1) is 35.0. The summed E-state index contributed by atoms with van der Waals surface area (Å²) >= 11 is 6.46. The van der Waals surface area contributed by atoms with E-state index in [0.29, 0.717) is 49.8 Å². The summed E-state index contributed by atoms with van der Waals surface area (Å²) in [6.07, 6.45) is 7.32. The van der Waals surface area contributed by atoms with E-state index in [1.807, 2.05) is 13.0 Å². The molecule has 4 heterocycles. The number of anilines is 1. The first-order chi connectivity index (χ1) is 23.4. The van der Waals surface area contributed by atoms with Crippen LogP contribution in [0.15, 0.2) is 30.3 Å². The van der Waals surface area contributed by atoms with Crippen molar-refractivity contribution in [3.05, 3.63) is 52.2 Å². The molecule has 10 nitrogen and oxygen atoms in total. The molecule has 1 saturated carbocycles. The molecule has 7 rings (SSSR count). The van der Waals surface area contributed by atoms with Gasteiger partial charge in [-0.05, 0) is 119 Å². The summed E-state index contributed by atoms with van der Waals surface area (Å²) in [7, 11) is 0.167. The Morgan fingerprint density at radius 1 is 1.02 bits per heavy atom. The van der Waals surface area contributed by atoms with Crippen LogP contribution in [-0.2, 0) is 31.3 Å². The fourth-order valence-electron chi connectivity index (χ4n) is 8.87. The number of rotatable bonds is 2. The largest absolute Gasteiger partial charge is 0.489 e. The van der Waals surface area contributed by atoms with Gasteiger partial charge < -0.3 is 24.0 Å². The average Bonchev–Trinajstić information content (AvgIpc) is 3.21. The van der Waals surface area contributed by atoms with Gasteiger partial charge in [0.05, 0.1) is 31.1 Å². The number of halogens is 1. The monoisotopic (exact) mass is 714 g/mol. The van der Waals surface area contributed by atoms with E-state index in [4.69, 9.17) is 30.8 Å². The minimum atomic E-state index is -3.94. The quantitative estimate of drug-likeness (QED) is 0.436. The molecule has 1 spiro atoms. The molecular weight excluding hydrogens is 664 g/mol. The number of carbonyl (C=O) groups is 1. The Hall–Kier alpha value is -2.44. The van der Waals surface area contributed by atoms with E-state index in [1.54, 1.807) is 19.1 Å². The van der Waals surface area contributed by atoms with E-state index < -0.39 is 21.2 Å². The zero-order valence-electron chi connectivity index (χ0n) is 29.2. The summed E-state index contributed by atoms with van der Waals surface area (Å²) in [4.78, 5) is 22.8. The molecule has 49 heavy (non-hydrogen) atoms. The van der Waals surface area contributed by atoms with Crippen molar-refractivity contribution in [2.75, 3.05) is 51.9 Å². The number of amides is 1. The number of likely N-dealkylation sites (N-methyl/N-ethyl adjacent to an activating group) is 1. The van der Waals surface area contributed by atoms with Crippen LogP contribution in [0.4, 0.5) is 5.82 Å². The summed E-state index contributed by atoms with van der Waals surface area (Å²) in [5.41, 5.74) is 2.30. The number of nitrogens with zero attached hydrogens (tertiary/aromatic N) is 3. The molecular formula is C37H51ClN4O6S. The Morgan fingerprint density at radius 3 is 2.55 bits per heavy atom. The summed E-state index contributed by atoms with van der Waals surface area (Å²) in [5.74, 6) is 1.31. The van der Waals surface area contributed by atoms with Crippen LogP contribution in [0.25, 0.3) is 0 Å². The van der Waals surface area contributed by atoms with Crippen LogP contribution in [0.2, 0.25) is 5.02 Å². The number of benzene rings is 1. The van der Waals surface area contributed by atoms with Crippen LogP contribution >= 0.6 is 11.6 Å². The lowest BCUT2D eigenvalue weighted by molar-refractivity contribution is -0.240. The molecule has 2 fully saturated rings. The second-order valence-electron chi connectivity index (χ2n) is 15.5. The number of nitrogens with one attached hydrogen (secondary N) is 1. The number of fused-ring (bicyclic) bond motifs is 4. The molecule has 268 valence electrons. The lowest BCUT2D eigenvalue weighted by Gasteiger charge is -2.49. The van der Waals surface area contributed by atoms with Crippen molar-refractivity contribution in [3.63, 3.8) is 0 Å². The number of aryl methyl sites for hydroxylation is 1. The predicted octanol–water partition coefficient (Wildman–Crippen LogP) is 5.42. The summed E-state index contributed by atoms with van der Waals surface area (Å²) in [6.45, 7) is 6.81. The molecule has 6 atom stereocenters. The Kier molecular flexibility index (Phi) is 9.95. The number of ether oxygens (including phenoxy) is 3. The molecule has 2 aromatic rings. The standard InChI is InChI=1S/C37H51ClN4O6S/c1-23-7-5-9-30(36-46-19-28(20-47-36)41(3)4)29-12-10-26(29)18-42-21-37(16-6-8-25-17-27(38)11-13-31(25)37)22-48-33-15-14-32(39-34(33)42)35(43)40-49(44,45)24(23)2/h11,13-15,17,23-24,26,28-30,36H,5-10,12,16,18-22H2,1-4H3,(H,40,43)/t23?,24-,26+,28?,29-,30+,36?,37+/m1/s1. The molecule has 2 aliphatic carbocycles. The van der Waals surface area contributed by atoms with Crippen molar-refractivity contribution in [2.45, 2.75) is 88.2 Å². The molecule has 0 radical (unpaired) electrons. The molecule has 2 bridgehead atoms. The van der Waals surface area contributed by atoms with Gasteiger partial charge in [-0.2, -0.15) is 0 Å². The van der Waals surface area contributed by atoms with Gasteiger partial charge >= 0.3 is 0 Å². The van der Waals surface area contributed by atoms with Crippen molar-refractivity contribution < 1.29 is 27.4 Å². The minimum Gasteiger partial charge on any atom is -0.489 e. The first-order valence-electron chi connectivity index (χ1n) is 18.1. The number of aromatic nitrogens is 1. The van der Waals surface area contributed by atoms with Crippen LogP contribution in [0.5, 0.6) is 5.75 Å². The number of pyridine rings is 1. The molecule has 1 aromatic heterocycles. The van der Waals surface area contributed by atoms with E-state index in [-0.39, 0.29) is 35.3 Å². The maximum absolute atomic E-state index is 13.5. The molecule has 1 N–H and O–H groups in total. The van der Waals surface area contributed by atoms with E-state index in [1.165, 1.54) is 11.1 Å². The number of hydrogen-bond acceptors (Lipinski definition) is 9. The predicted molar refractivity (Wildman–Crippen MR) is 190 cm³/mol. The normalized spacial score (nSPS) is 34.9. The van der Waals surface area contributed by atoms with Gasteiger partial charge in [-0.25, -0.2) is 18.1 Å². The first-order valence-corrected chi connectivity index (χ1v) is 20.0. The average molecular weight is 715 g/mol. The van der Waals surface area contributed by atoms with E-state index in [2.05, 4.69) is 40.7 Å². The van der Waals surface area contributed by atoms with Crippen molar-refractivity contribution in [3.8, 4) is 5.75 Å². The Morgan fingerprint density at radius 2 is 1.82 bits per heavy atom. The van der Waals surface area contributed by atoms with Gasteiger partial charge in [0.15, 0.2) is 17.9 Å². The molecule has 1 saturated heterocycles. The molecule has 12 heteroatoms. The van der Waals surface area contributed by atoms with Gasteiger partial charge in [-0.15, -0.1) is 0 Å². The summed E-state index contributed by atoms with van der Waals surface area (Å²) in [6, 6.07) is 9.80. The van der Waals surface area contributed by atoms with Crippen molar-refractivity contribution >= 4 is 33.3 Å². The van der Waals surface area contributed by atoms with Gasteiger partial charge in [0.1, 0.15) is 5.69 Å². The minimum absolute atomic E-state index is 0.0668.